The molecule has 3 heterocycles. The van der Waals surface area contributed by atoms with E-state index in [0.29, 0.717) is 0 Å². The van der Waals surface area contributed by atoms with Crippen molar-refractivity contribution < 1.29 is 19.0 Å². The highest BCUT2D eigenvalue weighted by Crippen LogP contribution is 2.37. The van der Waals surface area contributed by atoms with E-state index in [1.54, 1.807) is 0 Å². The van der Waals surface area contributed by atoms with E-state index in [4.69, 9.17) is 14.2 Å². The van der Waals surface area contributed by atoms with Gasteiger partial charge in [0.15, 0.2) is 0 Å². The number of nitrogens with one attached hydrogen (secondary N) is 1. The second kappa shape index (κ2) is 13.9. The van der Waals surface area contributed by atoms with Crippen molar-refractivity contribution in [2.75, 3.05) is 40.0 Å². The van der Waals surface area contributed by atoms with Crippen molar-refractivity contribution in [1.82, 2.24) is 10.2 Å². The van der Waals surface area contributed by atoms with Gasteiger partial charge in [-0.1, -0.05) is 48.6 Å². The van der Waals surface area contributed by atoms with Gasteiger partial charge >= 0.3 is 5.97 Å². The fourth-order valence-electron chi connectivity index (χ4n) is 5.65. The van der Waals surface area contributed by atoms with Crippen LogP contribution in [0.5, 0.6) is 0 Å². The molecule has 3 unspecified atom stereocenters. The van der Waals surface area contributed by atoms with Crippen molar-refractivity contribution in [3.8, 4) is 0 Å². The Morgan fingerprint density at radius 2 is 2.14 bits per heavy atom. The number of carbonyl (C=O) groups is 1. The number of nitrogens with zero attached hydrogens (tertiary/aromatic N) is 1. The molecule has 0 amide bonds. The SMILES string of the molecule is C=C(/C=C\C1=C(C)NCCC1)CCCCOC1CCN(C(C(=O)OC)c2ccccc2C2CCCO2)C1. The third-order valence-corrected chi connectivity index (χ3v) is 7.79. The van der Waals surface area contributed by atoms with Crippen molar-refractivity contribution in [2.45, 2.75) is 76.5 Å². The van der Waals surface area contributed by atoms with Crippen LogP contribution < -0.4 is 5.32 Å². The van der Waals surface area contributed by atoms with Crippen LogP contribution in [-0.4, -0.2) is 56.9 Å². The minimum atomic E-state index is -0.424. The van der Waals surface area contributed by atoms with Crippen LogP contribution in [0.15, 0.2) is 59.8 Å². The van der Waals surface area contributed by atoms with E-state index in [2.05, 4.69) is 48.0 Å². The zero-order valence-corrected chi connectivity index (χ0v) is 22.7. The lowest BCUT2D eigenvalue weighted by Crippen LogP contribution is -2.35. The Bertz CT molecular complexity index is 979. The third kappa shape index (κ3) is 7.56. The van der Waals surface area contributed by atoms with Gasteiger partial charge in [-0.05, 0) is 75.0 Å². The smallest absolute Gasteiger partial charge is 0.327 e. The largest absolute Gasteiger partial charge is 0.468 e. The molecule has 0 aromatic heterocycles. The summed E-state index contributed by atoms with van der Waals surface area (Å²) in [6.45, 7) is 10.5. The maximum atomic E-state index is 12.9. The van der Waals surface area contributed by atoms with Crippen LogP contribution >= 0.6 is 0 Å². The second-order valence-corrected chi connectivity index (χ2v) is 10.5. The summed E-state index contributed by atoms with van der Waals surface area (Å²) in [4.78, 5) is 15.2. The molecule has 3 atom stereocenters. The van der Waals surface area contributed by atoms with Crippen LogP contribution in [0, 0.1) is 0 Å². The topological polar surface area (TPSA) is 60.0 Å². The molecule has 3 aliphatic heterocycles. The number of esters is 1. The zero-order valence-electron chi connectivity index (χ0n) is 22.7. The number of methoxy groups -OCH3 is 1. The molecule has 0 bridgehead atoms. The van der Waals surface area contributed by atoms with Gasteiger partial charge in [-0.15, -0.1) is 0 Å². The Morgan fingerprint density at radius 1 is 1.27 bits per heavy atom. The Morgan fingerprint density at radius 3 is 2.92 bits per heavy atom. The van der Waals surface area contributed by atoms with Gasteiger partial charge in [0, 0.05) is 38.5 Å². The molecular weight excluding hydrogens is 464 g/mol. The van der Waals surface area contributed by atoms with Crippen LogP contribution in [-0.2, 0) is 19.0 Å². The number of allylic oxidation sites excluding steroid dienone is 5. The van der Waals surface area contributed by atoms with E-state index < -0.39 is 6.04 Å². The molecule has 3 aliphatic rings. The van der Waals surface area contributed by atoms with Crippen molar-refractivity contribution in [2.24, 2.45) is 0 Å². The van der Waals surface area contributed by atoms with Gasteiger partial charge in [0.25, 0.3) is 0 Å². The number of rotatable bonds is 12. The van der Waals surface area contributed by atoms with Gasteiger partial charge in [0.05, 0.1) is 19.3 Å². The van der Waals surface area contributed by atoms with E-state index in [0.717, 1.165) is 88.9 Å². The molecule has 1 aromatic carbocycles. The van der Waals surface area contributed by atoms with Crippen LogP contribution in [0.2, 0.25) is 0 Å². The number of benzene rings is 1. The molecule has 2 saturated heterocycles. The molecule has 37 heavy (non-hydrogen) atoms. The highest BCUT2D eigenvalue weighted by Gasteiger charge is 2.37. The maximum absolute atomic E-state index is 12.9. The molecule has 1 aromatic rings. The van der Waals surface area contributed by atoms with E-state index >= 15 is 0 Å². The van der Waals surface area contributed by atoms with Crippen LogP contribution in [0.25, 0.3) is 0 Å². The Balaban J connectivity index is 1.24. The fraction of sp³-hybridized carbons (Fsp3) is 0.581. The van der Waals surface area contributed by atoms with Gasteiger partial charge in [0.1, 0.15) is 6.04 Å². The van der Waals surface area contributed by atoms with E-state index in [9.17, 15) is 4.79 Å². The lowest BCUT2D eigenvalue weighted by molar-refractivity contribution is -0.147. The molecular formula is C31H44N2O4. The van der Waals surface area contributed by atoms with E-state index in [1.165, 1.54) is 30.4 Å². The Hall–Kier alpha value is -2.41. The molecule has 6 nitrogen and oxygen atoms in total. The predicted molar refractivity (Wildman–Crippen MR) is 147 cm³/mol. The highest BCUT2D eigenvalue weighted by atomic mass is 16.5. The third-order valence-electron chi connectivity index (χ3n) is 7.79. The van der Waals surface area contributed by atoms with Crippen molar-refractivity contribution in [3.63, 3.8) is 0 Å². The van der Waals surface area contributed by atoms with Crippen LogP contribution in [0.4, 0.5) is 0 Å². The molecule has 4 rings (SSSR count). The quantitative estimate of drug-likeness (QED) is 0.219. The lowest BCUT2D eigenvalue weighted by atomic mass is 9.94. The second-order valence-electron chi connectivity index (χ2n) is 10.5. The van der Waals surface area contributed by atoms with Crippen LogP contribution in [0.1, 0.15) is 81.6 Å². The summed E-state index contributed by atoms with van der Waals surface area (Å²) >= 11 is 0. The molecule has 0 aliphatic carbocycles. The number of carbonyl (C=O) groups excluding carboxylic acids is 1. The summed E-state index contributed by atoms with van der Waals surface area (Å²) in [7, 11) is 1.47. The summed E-state index contributed by atoms with van der Waals surface area (Å²) in [5, 5.41) is 3.43. The molecule has 202 valence electrons. The minimum absolute atomic E-state index is 0.0580. The first-order valence-electron chi connectivity index (χ1n) is 14.0. The van der Waals surface area contributed by atoms with E-state index in [1.807, 2.05) is 12.1 Å². The monoisotopic (exact) mass is 508 g/mol. The molecule has 0 radical (unpaired) electrons. The molecule has 6 heteroatoms. The number of hydrogen-bond acceptors (Lipinski definition) is 6. The Kier molecular flexibility index (Phi) is 10.4. The van der Waals surface area contributed by atoms with Gasteiger partial charge in [0.2, 0.25) is 0 Å². The maximum Gasteiger partial charge on any atom is 0.327 e. The molecule has 2 fully saturated rings. The van der Waals surface area contributed by atoms with Gasteiger partial charge in [-0.3, -0.25) is 4.90 Å². The Labute approximate surface area is 222 Å². The number of likely N-dealkylation sites (tertiary alicyclic amines) is 1. The number of unbranched alkanes of at least 4 members (excludes halogenated alkanes) is 1. The molecule has 0 saturated carbocycles. The summed E-state index contributed by atoms with van der Waals surface area (Å²) in [5.74, 6) is -0.215. The average molecular weight is 509 g/mol. The summed E-state index contributed by atoms with van der Waals surface area (Å²) in [6.07, 6.45) is 13.0. The van der Waals surface area contributed by atoms with Crippen LogP contribution in [0.3, 0.4) is 0 Å². The normalized spacial score (nSPS) is 23.4. The first-order valence-corrected chi connectivity index (χ1v) is 14.0. The average Bonchev–Trinajstić information content (AvgIpc) is 3.61. The standard InChI is InChI=1S/C31H44N2O4/c1-23(15-16-25-11-8-18-32-24(25)2)10-6-7-20-36-26-17-19-33(22-26)30(31(34)35-3)28-13-5-4-12-27(28)29-14-9-21-37-29/h4-5,12-13,15-16,26,29-30,32H,1,6-11,14,17-22H2,2-3H3/b16-15-. The minimum Gasteiger partial charge on any atom is -0.468 e. The number of ether oxygens (including phenoxy) is 3. The summed E-state index contributed by atoms with van der Waals surface area (Å²) < 4.78 is 17.4. The lowest BCUT2D eigenvalue weighted by Gasteiger charge is -2.28. The zero-order chi connectivity index (χ0) is 26.0. The number of hydrogen-bond donors (Lipinski definition) is 1. The highest BCUT2D eigenvalue weighted by molar-refractivity contribution is 5.78. The van der Waals surface area contributed by atoms with E-state index in [-0.39, 0.29) is 18.2 Å². The van der Waals surface area contributed by atoms with Crippen molar-refractivity contribution >= 4 is 5.97 Å². The van der Waals surface area contributed by atoms with Gasteiger partial charge < -0.3 is 19.5 Å². The first-order chi connectivity index (χ1) is 18.1. The molecule has 1 N–H and O–H groups in total. The fourth-order valence-corrected chi connectivity index (χ4v) is 5.65. The predicted octanol–water partition coefficient (Wildman–Crippen LogP) is 5.78. The van der Waals surface area contributed by atoms with Crippen molar-refractivity contribution in [1.29, 1.82) is 0 Å². The van der Waals surface area contributed by atoms with Crippen molar-refractivity contribution in [3.05, 3.63) is 71.0 Å². The first kappa shape index (κ1) is 27.6. The molecule has 0 spiro atoms. The van der Waals surface area contributed by atoms with Gasteiger partial charge in [-0.25, -0.2) is 4.79 Å². The summed E-state index contributed by atoms with van der Waals surface area (Å²) in [6, 6.07) is 7.75. The van der Waals surface area contributed by atoms with Gasteiger partial charge in [-0.2, -0.15) is 0 Å². The summed E-state index contributed by atoms with van der Waals surface area (Å²) in [5.41, 5.74) is 5.97.